The van der Waals surface area contributed by atoms with Gasteiger partial charge in [-0.1, -0.05) is 0 Å². The van der Waals surface area contributed by atoms with E-state index in [0.29, 0.717) is 5.75 Å². The van der Waals surface area contributed by atoms with Crippen molar-refractivity contribution in [3.8, 4) is 0 Å². The molecular formula is C4H9NO2S. The van der Waals surface area contributed by atoms with Crippen LogP contribution in [0.15, 0.2) is 0 Å². The Bertz CT molecular complexity index is 86.1. The van der Waals surface area contributed by atoms with Crippen LogP contribution in [0.1, 0.15) is 0 Å². The van der Waals surface area contributed by atoms with Crippen molar-refractivity contribution in [1.82, 2.24) is 0 Å². The molecule has 0 saturated heterocycles. The lowest BCUT2D eigenvalue weighted by Gasteiger charge is -2.00. The van der Waals surface area contributed by atoms with E-state index in [9.17, 15) is 4.79 Å². The van der Waals surface area contributed by atoms with Crippen LogP contribution >= 0.6 is 11.8 Å². The Balaban J connectivity index is 3.32. The molecule has 0 heterocycles. The predicted octanol–water partition coefficient (Wildman–Crippen LogP) is -0.239. The standard InChI is InChI=1S/C4H9NO2S/c1-8-2-3(5)4(6)7/h3H,2,5H2,1H3,(H,6,7)/t3-/m0/s1/i1-1. The van der Waals surface area contributed by atoms with E-state index in [-0.39, 0.29) is 0 Å². The van der Waals surface area contributed by atoms with Crippen molar-refractivity contribution in [3.63, 3.8) is 0 Å². The number of aliphatic carboxylic acids is 1. The lowest BCUT2D eigenvalue weighted by atomic mass is 10.4. The van der Waals surface area contributed by atoms with Gasteiger partial charge in [-0.2, -0.15) is 11.8 Å². The summed E-state index contributed by atoms with van der Waals surface area (Å²) >= 11 is 1.43. The first-order valence-corrected chi connectivity index (χ1v) is 3.55. The lowest BCUT2D eigenvalue weighted by molar-refractivity contribution is -0.137. The van der Waals surface area contributed by atoms with Gasteiger partial charge in [-0.15, -0.1) is 0 Å². The quantitative estimate of drug-likeness (QED) is 0.559. The third kappa shape index (κ3) is 2.87. The zero-order valence-corrected chi connectivity index (χ0v) is 5.44. The zero-order valence-electron chi connectivity index (χ0n) is 4.63. The Labute approximate surface area is 52.3 Å². The SMILES string of the molecule is [11CH3]SC[C@H](N)C(=O)O. The second kappa shape index (κ2) is 3.74. The fraction of sp³-hybridized carbons (Fsp3) is 0.750. The Morgan fingerprint density at radius 3 is 2.62 bits per heavy atom. The molecule has 0 rings (SSSR count). The van der Waals surface area contributed by atoms with Crippen molar-refractivity contribution in [1.29, 1.82) is 0 Å². The number of carboxylic acid groups (broad SMARTS) is 1. The van der Waals surface area contributed by atoms with E-state index in [0.717, 1.165) is 0 Å². The lowest BCUT2D eigenvalue weighted by Crippen LogP contribution is -2.32. The molecule has 0 amide bonds. The van der Waals surface area contributed by atoms with E-state index in [1.807, 2.05) is 6.26 Å². The third-order valence-corrected chi connectivity index (χ3v) is 1.36. The maximum absolute atomic E-state index is 9.95. The zero-order chi connectivity index (χ0) is 6.57. The molecule has 0 aromatic heterocycles. The highest BCUT2D eigenvalue weighted by molar-refractivity contribution is 7.98. The van der Waals surface area contributed by atoms with Crippen LogP contribution in [-0.4, -0.2) is 29.1 Å². The molecule has 0 radical (unpaired) electrons. The van der Waals surface area contributed by atoms with Gasteiger partial charge >= 0.3 is 5.97 Å². The Kier molecular flexibility index (Phi) is 3.64. The molecule has 0 aromatic carbocycles. The maximum atomic E-state index is 9.95. The Hall–Kier alpha value is -0.220. The average molecular weight is 134 g/mol. The van der Waals surface area contributed by atoms with E-state index in [1.165, 1.54) is 11.8 Å². The van der Waals surface area contributed by atoms with E-state index in [2.05, 4.69) is 0 Å². The van der Waals surface area contributed by atoms with Gasteiger partial charge in [-0.3, -0.25) is 4.79 Å². The summed E-state index contributed by atoms with van der Waals surface area (Å²) in [6.07, 6.45) is 1.82. The summed E-state index contributed by atoms with van der Waals surface area (Å²) in [7, 11) is 0. The van der Waals surface area contributed by atoms with Crippen LogP contribution in [0.2, 0.25) is 0 Å². The van der Waals surface area contributed by atoms with Crippen molar-refractivity contribution >= 4 is 17.7 Å². The molecule has 1 atom stereocenters. The minimum Gasteiger partial charge on any atom is -0.480 e. The van der Waals surface area contributed by atoms with Crippen molar-refractivity contribution in [2.75, 3.05) is 12.0 Å². The van der Waals surface area contributed by atoms with Crippen LogP contribution in [0.25, 0.3) is 0 Å². The molecule has 3 nitrogen and oxygen atoms in total. The van der Waals surface area contributed by atoms with Crippen LogP contribution < -0.4 is 5.73 Å². The summed E-state index contributed by atoms with van der Waals surface area (Å²) in [4.78, 5) is 9.95. The van der Waals surface area contributed by atoms with E-state index >= 15 is 0 Å². The molecule has 0 fully saturated rings. The maximum Gasteiger partial charge on any atom is 0.321 e. The Morgan fingerprint density at radius 2 is 2.50 bits per heavy atom. The van der Waals surface area contributed by atoms with Gasteiger partial charge in [0.1, 0.15) is 6.04 Å². The summed E-state index contributed by atoms with van der Waals surface area (Å²) in [5.41, 5.74) is 5.11. The average Bonchev–Trinajstić information content (AvgIpc) is 1.67. The molecule has 48 valence electrons. The molecule has 0 aliphatic carbocycles. The summed E-state index contributed by atoms with van der Waals surface area (Å²) in [6, 6.07) is -0.704. The van der Waals surface area contributed by atoms with Crippen LogP contribution in [-0.2, 0) is 4.79 Å². The van der Waals surface area contributed by atoms with Crippen molar-refractivity contribution < 1.29 is 9.90 Å². The van der Waals surface area contributed by atoms with Gasteiger partial charge in [0.15, 0.2) is 0 Å². The van der Waals surface area contributed by atoms with E-state index in [4.69, 9.17) is 10.8 Å². The first-order chi connectivity index (χ1) is 3.68. The number of rotatable bonds is 3. The minimum absolute atomic E-state index is 0.481. The molecule has 0 aromatic rings. The normalized spacial score (nSPS) is 13.2. The molecule has 0 spiro atoms. The Morgan fingerprint density at radius 1 is 2.00 bits per heavy atom. The van der Waals surface area contributed by atoms with E-state index in [1.54, 1.807) is 0 Å². The van der Waals surface area contributed by atoms with Crippen LogP contribution in [0.5, 0.6) is 0 Å². The largest absolute Gasteiger partial charge is 0.480 e. The summed E-state index contributed by atoms with van der Waals surface area (Å²) < 4.78 is 0. The second-order valence-corrected chi connectivity index (χ2v) is 2.31. The van der Waals surface area contributed by atoms with Gasteiger partial charge < -0.3 is 10.8 Å². The highest BCUT2D eigenvalue weighted by atomic mass is 32.2. The second-order valence-electron chi connectivity index (χ2n) is 1.40. The minimum atomic E-state index is -0.931. The fourth-order valence-corrected chi connectivity index (χ4v) is 0.753. The number of nitrogens with two attached hydrogens (primary N) is 1. The topological polar surface area (TPSA) is 63.3 Å². The number of hydrogen-bond acceptors (Lipinski definition) is 3. The number of hydrogen-bond donors (Lipinski definition) is 2. The first kappa shape index (κ1) is 7.78. The molecule has 3 N–H and O–H groups in total. The third-order valence-electron chi connectivity index (χ3n) is 0.663. The first-order valence-electron chi connectivity index (χ1n) is 2.15. The molecule has 0 aliphatic heterocycles. The molecule has 4 heteroatoms. The summed E-state index contributed by atoms with van der Waals surface area (Å²) in [5.74, 6) is -0.450. The van der Waals surface area contributed by atoms with Gasteiger partial charge in [0.25, 0.3) is 0 Å². The monoisotopic (exact) mass is 134 g/mol. The smallest absolute Gasteiger partial charge is 0.321 e. The summed E-state index contributed by atoms with van der Waals surface area (Å²) in [5, 5.41) is 8.17. The van der Waals surface area contributed by atoms with Crippen LogP contribution in [0.4, 0.5) is 0 Å². The van der Waals surface area contributed by atoms with Gasteiger partial charge in [0.05, 0.1) is 0 Å². The highest BCUT2D eigenvalue weighted by Crippen LogP contribution is 1.93. The number of carbonyl (C=O) groups is 1. The van der Waals surface area contributed by atoms with Gasteiger partial charge in [-0.25, -0.2) is 0 Å². The molecule has 0 unspecified atom stereocenters. The molecule has 0 bridgehead atoms. The number of carboxylic acids is 1. The van der Waals surface area contributed by atoms with Crippen LogP contribution in [0, 0.1) is 0 Å². The molecule has 8 heavy (non-hydrogen) atoms. The van der Waals surface area contributed by atoms with Gasteiger partial charge in [0, 0.05) is 5.75 Å². The van der Waals surface area contributed by atoms with E-state index < -0.39 is 12.0 Å². The fourth-order valence-electron chi connectivity index (χ4n) is 0.251. The van der Waals surface area contributed by atoms with Crippen molar-refractivity contribution in [3.05, 3.63) is 0 Å². The van der Waals surface area contributed by atoms with Crippen LogP contribution in [0.3, 0.4) is 0 Å². The molecular weight excluding hydrogens is 125 g/mol. The number of thioether (sulfide) groups is 1. The van der Waals surface area contributed by atoms with Crippen molar-refractivity contribution in [2.24, 2.45) is 5.73 Å². The highest BCUT2D eigenvalue weighted by Gasteiger charge is 2.08. The van der Waals surface area contributed by atoms with Crippen molar-refractivity contribution in [2.45, 2.75) is 6.04 Å². The molecule has 0 saturated carbocycles. The predicted molar refractivity (Wildman–Crippen MR) is 34.0 cm³/mol. The summed E-state index contributed by atoms with van der Waals surface area (Å²) in [6.45, 7) is 0. The van der Waals surface area contributed by atoms with Gasteiger partial charge in [-0.05, 0) is 6.26 Å². The van der Waals surface area contributed by atoms with Gasteiger partial charge in [0.2, 0.25) is 0 Å². The molecule has 0 aliphatic rings.